The van der Waals surface area contributed by atoms with E-state index >= 15 is 0 Å². The second-order valence-corrected chi connectivity index (χ2v) is 8.42. The Morgan fingerprint density at radius 3 is 2.48 bits per heavy atom. The molecular formula is C22H25ClN4O2. The molecule has 0 aliphatic rings. The van der Waals surface area contributed by atoms with E-state index in [9.17, 15) is 9.90 Å². The summed E-state index contributed by atoms with van der Waals surface area (Å²) in [6.45, 7) is 7.46. The molecule has 0 bridgehead atoms. The third kappa shape index (κ3) is 4.83. The molecule has 3 rings (SSSR count). The lowest BCUT2D eigenvalue weighted by molar-refractivity contribution is 0.0869. The molecule has 0 aliphatic heterocycles. The van der Waals surface area contributed by atoms with Crippen LogP contribution in [-0.2, 0) is 0 Å². The lowest BCUT2D eigenvalue weighted by Gasteiger charge is -2.24. The molecule has 3 aromatic rings. The fraction of sp³-hybridized carbons (Fsp3) is 0.318. The van der Waals surface area contributed by atoms with Crippen LogP contribution in [0.25, 0.3) is 16.8 Å². The molecule has 152 valence electrons. The van der Waals surface area contributed by atoms with Crippen LogP contribution in [0.2, 0.25) is 5.02 Å². The van der Waals surface area contributed by atoms with Crippen LogP contribution < -0.4 is 5.32 Å². The Morgan fingerprint density at radius 2 is 1.86 bits per heavy atom. The van der Waals surface area contributed by atoms with Crippen LogP contribution in [0, 0.1) is 0 Å². The molecule has 1 aromatic heterocycles. The highest BCUT2D eigenvalue weighted by Gasteiger charge is 2.21. The Bertz CT molecular complexity index is 1010. The summed E-state index contributed by atoms with van der Waals surface area (Å²) < 4.78 is 1.89. The first-order valence-corrected chi connectivity index (χ1v) is 9.82. The second kappa shape index (κ2) is 8.35. The predicted molar refractivity (Wildman–Crippen MR) is 115 cm³/mol. The Hall–Kier alpha value is -2.70. The zero-order chi connectivity index (χ0) is 21.2. The lowest BCUT2D eigenvalue weighted by atomic mass is 10.00. The second-order valence-electron chi connectivity index (χ2n) is 7.99. The highest BCUT2D eigenvalue weighted by Crippen LogP contribution is 2.27. The summed E-state index contributed by atoms with van der Waals surface area (Å²) in [7, 11) is 0. The minimum absolute atomic E-state index is 0.161. The Labute approximate surface area is 175 Å². The van der Waals surface area contributed by atoms with Gasteiger partial charge in [-0.15, -0.1) is 10.2 Å². The number of hydrogen-bond donors (Lipinski definition) is 2. The number of nitrogens with zero attached hydrogens (tertiary/aromatic N) is 3. The third-order valence-corrected chi connectivity index (χ3v) is 4.83. The predicted octanol–water partition coefficient (Wildman–Crippen LogP) is 4.21. The van der Waals surface area contributed by atoms with Gasteiger partial charge in [0, 0.05) is 22.2 Å². The van der Waals surface area contributed by atoms with Crippen molar-refractivity contribution < 1.29 is 9.90 Å². The Balaban J connectivity index is 2.13. The summed E-state index contributed by atoms with van der Waals surface area (Å²) >= 11 is 6.03. The number of halogens is 1. The molecular weight excluding hydrogens is 388 g/mol. The van der Waals surface area contributed by atoms with Crippen LogP contribution in [-0.4, -0.2) is 37.9 Å². The van der Waals surface area contributed by atoms with Gasteiger partial charge in [-0.3, -0.25) is 9.36 Å². The normalized spacial score (nSPS) is 11.7. The van der Waals surface area contributed by atoms with Gasteiger partial charge in [-0.1, -0.05) is 37.6 Å². The number of nitrogens with one attached hydrogen (secondary N) is 1. The number of aromatic nitrogens is 3. The van der Waals surface area contributed by atoms with Crippen LogP contribution >= 0.6 is 11.6 Å². The molecule has 0 aliphatic carbocycles. The minimum atomic E-state index is -0.729. The van der Waals surface area contributed by atoms with Crippen molar-refractivity contribution in [1.29, 1.82) is 0 Å². The third-order valence-electron chi connectivity index (χ3n) is 4.57. The largest absolute Gasteiger partial charge is 0.394 e. The number of aliphatic hydroxyl groups is 1. The van der Waals surface area contributed by atoms with Crippen molar-refractivity contribution in [2.45, 2.75) is 39.2 Å². The van der Waals surface area contributed by atoms with E-state index in [0.29, 0.717) is 10.6 Å². The van der Waals surface area contributed by atoms with Crippen molar-refractivity contribution in [3.8, 4) is 16.8 Å². The van der Waals surface area contributed by atoms with Crippen molar-refractivity contribution in [2.75, 3.05) is 6.61 Å². The van der Waals surface area contributed by atoms with E-state index in [1.165, 1.54) is 0 Å². The summed E-state index contributed by atoms with van der Waals surface area (Å²) in [6.07, 6.45) is 1.65. The number of amides is 1. The number of hydrogen-bond acceptors (Lipinski definition) is 4. The molecule has 0 unspecified atom stereocenters. The van der Waals surface area contributed by atoms with E-state index in [2.05, 4.69) is 15.5 Å². The van der Waals surface area contributed by atoms with Gasteiger partial charge in [0.25, 0.3) is 5.91 Å². The monoisotopic (exact) mass is 412 g/mol. The van der Waals surface area contributed by atoms with Crippen molar-refractivity contribution >= 4 is 17.5 Å². The summed E-state index contributed by atoms with van der Waals surface area (Å²) in [6, 6.07) is 13.1. The molecule has 0 spiro atoms. The molecule has 0 radical (unpaired) electrons. The maximum Gasteiger partial charge on any atom is 0.251 e. The topological polar surface area (TPSA) is 80.0 Å². The van der Waals surface area contributed by atoms with Crippen molar-refractivity contribution in [3.63, 3.8) is 0 Å². The van der Waals surface area contributed by atoms with Crippen molar-refractivity contribution in [1.82, 2.24) is 20.1 Å². The van der Waals surface area contributed by atoms with Crippen LogP contribution in [0.15, 0.2) is 48.8 Å². The zero-order valence-electron chi connectivity index (χ0n) is 17.0. The molecule has 6 nitrogen and oxygen atoms in total. The first-order chi connectivity index (χ1) is 13.7. The minimum Gasteiger partial charge on any atom is -0.394 e. The van der Waals surface area contributed by atoms with Gasteiger partial charge in [0.05, 0.1) is 12.1 Å². The quantitative estimate of drug-likeness (QED) is 0.635. The van der Waals surface area contributed by atoms with Crippen molar-refractivity contribution in [3.05, 3.63) is 65.2 Å². The van der Waals surface area contributed by atoms with E-state index in [0.717, 1.165) is 22.6 Å². The van der Waals surface area contributed by atoms with Gasteiger partial charge in [0.2, 0.25) is 0 Å². The average Bonchev–Trinajstić information content (AvgIpc) is 3.18. The first kappa shape index (κ1) is 21.0. The average molecular weight is 413 g/mol. The SMILES string of the molecule is CC(C)c1nncn1-c1cc(C(=O)NC(C)(C)CO)cc(-c2ccc(Cl)cc2)c1. The van der Waals surface area contributed by atoms with Gasteiger partial charge in [0.1, 0.15) is 12.2 Å². The maximum atomic E-state index is 12.9. The summed E-state index contributed by atoms with van der Waals surface area (Å²) in [5.74, 6) is 0.711. The highest BCUT2D eigenvalue weighted by atomic mass is 35.5. The number of rotatable bonds is 6. The molecule has 0 atom stereocenters. The number of benzene rings is 2. The molecule has 1 amide bonds. The zero-order valence-corrected chi connectivity index (χ0v) is 17.7. The summed E-state index contributed by atoms with van der Waals surface area (Å²) in [5, 5.41) is 21.3. The van der Waals surface area contributed by atoms with Crippen LogP contribution in [0.5, 0.6) is 0 Å². The number of carbonyl (C=O) groups is 1. The first-order valence-electron chi connectivity index (χ1n) is 9.45. The summed E-state index contributed by atoms with van der Waals surface area (Å²) in [4.78, 5) is 12.9. The van der Waals surface area contributed by atoms with Gasteiger partial charge in [0.15, 0.2) is 0 Å². The standard InChI is InChI=1S/C22H25ClN4O2/c1-14(2)20-26-24-13-27(20)19-10-16(15-5-7-18(23)8-6-15)9-17(11-19)21(29)25-22(3,4)12-28/h5-11,13-14,28H,12H2,1-4H3,(H,25,29). The fourth-order valence-corrected chi connectivity index (χ4v) is 3.07. The van der Waals surface area contributed by atoms with Crippen LogP contribution in [0.3, 0.4) is 0 Å². The number of carbonyl (C=O) groups excluding carboxylic acids is 1. The van der Waals surface area contributed by atoms with E-state index in [4.69, 9.17) is 11.6 Å². The molecule has 0 saturated heterocycles. The van der Waals surface area contributed by atoms with E-state index < -0.39 is 5.54 Å². The molecule has 0 fully saturated rings. The van der Waals surface area contributed by atoms with E-state index in [1.54, 1.807) is 26.2 Å². The molecule has 7 heteroatoms. The molecule has 1 heterocycles. The highest BCUT2D eigenvalue weighted by molar-refractivity contribution is 6.30. The van der Waals surface area contributed by atoms with Gasteiger partial charge in [-0.2, -0.15) is 0 Å². The number of aliphatic hydroxyl groups excluding tert-OH is 1. The van der Waals surface area contributed by atoms with Gasteiger partial charge in [-0.05, 0) is 55.3 Å². The molecule has 0 saturated carbocycles. The van der Waals surface area contributed by atoms with Gasteiger partial charge < -0.3 is 10.4 Å². The smallest absolute Gasteiger partial charge is 0.251 e. The lowest BCUT2D eigenvalue weighted by Crippen LogP contribution is -2.46. The maximum absolute atomic E-state index is 12.9. The van der Waals surface area contributed by atoms with E-state index in [1.807, 2.05) is 54.8 Å². The van der Waals surface area contributed by atoms with Gasteiger partial charge in [-0.25, -0.2) is 0 Å². The van der Waals surface area contributed by atoms with Crippen LogP contribution in [0.4, 0.5) is 0 Å². The fourth-order valence-electron chi connectivity index (χ4n) is 2.95. The van der Waals surface area contributed by atoms with Gasteiger partial charge >= 0.3 is 0 Å². The van der Waals surface area contributed by atoms with Crippen LogP contribution in [0.1, 0.15) is 49.8 Å². The molecule has 29 heavy (non-hydrogen) atoms. The Morgan fingerprint density at radius 1 is 1.17 bits per heavy atom. The Kier molecular flexibility index (Phi) is 6.05. The molecule has 2 aromatic carbocycles. The summed E-state index contributed by atoms with van der Waals surface area (Å²) in [5.41, 5.74) is 2.35. The molecule has 2 N–H and O–H groups in total. The van der Waals surface area contributed by atoms with Crippen molar-refractivity contribution in [2.24, 2.45) is 0 Å². The van der Waals surface area contributed by atoms with E-state index in [-0.39, 0.29) is 18.4 Å².